The zero-order chi connectivity index (χ0) is 29.4. The van der Waals surface area contributed by atoms with Crippen LogP contribution in [0.1, 0.15) is 63.0 Å². The Morgan fingerprint density at radius 2 is 1.68 bits per heavy atom. The quantitative estimate of drug-likeness (QED) is 0.0765. The lowest BCUT2D eigenvalue weighted by atomic mass is 10.1. The Hall–Kier alpha value is -3.75. The molecule has 1 aliphatic carbocycles. The van der Waals surface area contributed by atoms with Crippen LogP contribution in [0.25, 0.3) is 0 Å². The molecule has 0 aliphatic heterocycles. The number of allylic oxidation sites excluding steroid dienone is 3. The van der Waals surface area contributed by atoms with Crippen LogP contribution < -0.4 is 4.74 Å². The Morgan fingerprint density at radius 3 is 2.30 bits per heavy atom. The molecular formula is C31H41F2NO6. The lowest BCUT2D eigenvalue weighted by molar-refractivity contribution is -0.763. The Labute approximate surface area is 235 Å². The predicted octanol–water partition coefficient (Wildman–Crippen LogP) is 7.92. The SMILES string of the molecule is C/C=C\CCCC(=O)OCc1ccccc1CO[N+](=O)[O-].CF.FC(/C=C/C1CCCC1)COc1ccccc1. The van der Waals surface area contributed by atoms with Gasteiger partial charge in [-0.3, -0.25) is 9.18 Å². The number of alkyl halides is 2. The minimum Gasteiger partial charge on any atom is -0.490 e. The largest absolute Gasteiger partial charge is 0.490 e. The predicted molar refractivity (Wildman–Crippen MR) is 152 cm³/mol. The molecule has 2 aromatic carbocycles. The summed E-state index contributed by atoms with van der Waals surface area (Å²) in [6.45, 7) is 1.98. The van der Waals surface area contributed by atoms with Crippen LogP contribution in [-0.4, -0.2) is 31.0 Å². The van der Waals surface area contributed by atoms with Crippen LogP contribution in [0.5, 0.6) is 5.75 Å². The topological polar surface area (TPSA) is 87.9 Å². The second-order valence-electron chi connectivity index (χ2n) is 8.96. The maximum Gasteiger partial charge on any atom is 0.306 e. The number of carbonyl (C=O) groups excluding carboxylic acids is 1. The molecular weight excluding hydrogens is 520 g/mol. The highest BCUT2D eigenvalue weighted by molar-refractivity contribution is 5.69. The van der Waals surface area contributed by atoms with Gasteiger partial charge in [0.25, 0.3) is 5.09 Å². The molecule has 220 valence electrons. The number of hydrogen-bond acceptors (Lipinski definition) is 6. The van der Waals surface area contributed by atoms with Gasteiger partial charge in [-0.05, 0) is 61.8 Å². The summed E-state index contributed by atoms with van der Waals surface area (Å²) in [6.07, 6.45) is 13.5. The highest BCUT2D eigenvalue weighted by atomic mass is 19.1. The summed E-state index contributed by atoms with van der Waals surface area (Å²) in [7, 11) is 0.500. The molecule has 1 saturated carbocycles. The van der Waals surface area contributed by atoms with E-state index in [4.69, 9.17) is 9.47 Å². The molecule has 0 amide bonds. The number of esters is 1. The van der Waals surface area contributed by atoms with Crippen LogP contribution >= 0.6 is 0 Å². The van der Waals surface area contributed by atoms with Gasteiger partial charge in [-0.15, -0.1) is 10.1 Å². The molecule has 3 rings (SSSR count). The van der Waals surface area contributed by atoms with Gasteiger partial charge in [0.1, 0.15) is 25.6 Å². The first kappa shape index (κ1) is 34.3. The van der Waals surface area contributed by atoms with Gasteiger partial charge in [0.15, 0.2) is 6.17 Å². The minimum atomic E-state index is -1.00. The summed E-state index contributed by atoms with van der Waals surface area (Å²) in [5.74, 6) is 1.04. The van der Waals surface area contributed by atoms with Gasteiger partial charge in [0.05, 0.1) is 7.18 Å². The summed E-state index contributed by atoms with van der Waals surface area (Å²) in [5.41, 5.74) is 1.34. The smallest absolute Gasteiger partial charge is 0.306 e. The molecule has 40 heavy (non-hydrogen) atoms. The van der Waals surface area contributed by atoms with Crippen molar-refractivity contribution in [2.75, 3.05) is 13.8 Å². The van der Waals surface area contributed by atoms with Crippen molar-refractivity contribution in [3.05, 3.63) is 100 Å². The second kappa shape index (κ2) is 22.1. The molecule has 1 fully saturated rings. The third-order valence-electron chi connectivity index (χ3n) is 5.96. The van der Waals surface area contributed by atoms with Crippen LogP contribution in [0.3, 0.4) is 0 Å². The van der Waals surface area contributed by atoms with Crippen LogP contribution in [-0.2, 0) is 27.6 Å². The first-order valence-corrected chi connectivity index (χ1v) is 13.5. The molecule has 0 aromatic heterocycles. The van der Waals surface area contributed by atoms with Crippen LogP contribution in [0.2, 0.25) is 0 Å². The van der Waals surface area contributed by atoms with E-state index in [1.54, 1.807) is 30.3 Å². The first-order chi connectivity index (χ1) is 19.5. The fraction of sp³-hybridized carbons (Fsp3) is 0.452. The monoisotopic (exact) mass is 561 g/mol. The van der Waals surface area contributed by atoms with E-state index >= 15 is 0 Å². The molecule has 0 saturated heterocycles. The van der Waals surface area contributed by atoms with E-state index in [9.17, 15) is 23.7 Å². The number of halogens is 2. The Morgan fingerprint density at radius 1 is 1.05 bits per heavy atom. The molecule has 1 unspecified atom stereocenters. The summed E-state index contributed by atoms with van der Waals surface area (Å²) in [4.78, 5) is 26.1. The second-order valence-corrected chi connectivity index (χ2v) is 8.96. The third kappa shape index (κ3) is 16.3. The molecule has 0 N–H and O–H groups in total. The van der Waals surface area contributed by atoms with Crippen molar-refractivity contribution >= 4 is 5.97 Å². The zero-order valence-corrected chi connectivity index (χ0v) is 23.4. The van der Waals surface area contributed by atoms with Gasteiger partial charge < -0.3 is 14.3 Å². The number of ether oxygens (including phenoxy) is 2. The first-order valence-electron chi connectivity index (χ1n) is 13.5. The number of hydrogen-bond donors (Lipinski definition) is 0. The van der Waals surface area contributed by atoms with Gasteiger partial charge in [0, 0.05) is 6.42 Å². The van der Waals surface area contributed by atoms with Gasteiger partial charge in [0.2, 0.25) is 0 Å². The Balaban J connectivity index is 0.000000383. The molecule has 0 heterocycles. The lowest BCUT2D eigenvalue weighted by Gasteiger charge is -2.09. The van der Waals surface area contributed by atoms with E-state index in [0.29, 0.717) is 30.6 Å². The van der Waals surface area contributed by atoms with E-state index in [1.807, 2.05) is 55.5 Å². The number of benzene rings is 2. The fourth-order valence-corrected chi connectivity index (χ4v) is 3.90. The summed E-state index contributed by atoms with van der Waals surface area (Å²) < 4.78 is 33.6. The van der Waals surface area contributed by atoms with Gasteiger partial charge in [-0.1, -0.05) is 79.6 Å². The highest BCUT2D eigenvalue weighted by Gasteiger charge is 2.12. The molecule has 1 atom stereocenters. The maximum atomic E-state index is 13.5. The van der Waals surface area contributed by atoms with Gasteiger partial charge in [-0.25, -0.2) is 4.39 Å². The van der Waals surface area contributed by atoms with Gasteiger partial charge in [-0.2, -0.15) is 0 Å². The van der Waals surface area contributed by atoms with Crippen LogP contribution in [0.4, 0.5) is 8.78 Å². The summed E-state index contributed by atoms with van der Waals surface area (Å²) in [6, 6.07) is 16.4. The van der Waals surface area contributed by atoms with E-state index in [-0.39, 0.29) is 25.8 Å². The standard InChI is InChI=1S/C15H19FO.C15H19NO5.CH3F/c16-14(11-10-13-6-4-5-7-13)12-17-15-8-2-1-3-9-15;1-2-3-4-5-10-15(17)20-11-13-8-6-7-9-14(13)12-21-16(18)19;1-2/h1-3,8-11,13-14H,4-7,12H2;2-3,6-9H,4-5,10-12H2,1H3;1H3/b11-10+;3-2-;. The number of rotatable bonds is 14. The number of unbranched alkanes of at least 4 members (excludes halogenated alkanes) is 1. The van der Waals surface area contributed by atoms with Crippen molar-refractivity contribution in [1.29, 1.82) is 0 Å². The normalized spacial score (nSPS) is 13.6. The average Bonchev–Trinajstić information content (AvgIpc) is 3.51. The highest BCUT2D eigenvalue weighted by Crippen LogP contribution is 2.26. The van der Waals surface area contributed by atoms with Crippen molar-refractivity contribution in [1.82, 2.24) is 0 Å². The van der Waals surface area contributed by atoms with E-state index in [0.717, 1.165) is 18.6 Å². The average molecular weight is 562 g/mol. The fourth-order valence-electron chi connectivity index (χ4n) is 3.90. The molecule has 0 radical (unpaired) electrons. The molecule has 1 aliphatic rings. The van der Waals surface area contributed by atoms with Crippen molar-refractivity contribution in [3.8, 4) is 5.75 Å². The van der Waals surface area contributed by atoms with Crippen LogP contribution in [0.15, 0.2) is 78.9 Å². The van der Waals surface area contributed by atoms with E-state index in [1.165, 1.54) is 25.7 Å². The minimum absolute atomic E-state index is 0.0969. The van der Waals surface area contributed by atoms with Crippen molar-refractivity contribution in [2.24, 2.45) is 5.92 Å². The molecule has 2 aromatic rings. The number of carbonyl (C=O) groups is 1. The van der Waals surface area contributed by atoms with Crippen molar-refractivity contribution in [2.45, 2.75) is 71.3 Å². The van der Waals surface area contributed by atoms with Crippen molar-refractivity contribution < 1.29 is 33.0 Å². The molecule has 0 spiro atoms. The number of para-hydroxylation sites is 1. The summed E-state index contributed by atoms with van der Waals surface area (Å²) in [5, 5.41) is 9.37. The maximum absolute atomic E-state index is 13.5. The third-order valence-corrected chi connectivity index (χ3v) is 5.96. The molecule has 7 nitrogen and oxygen atoms in total. The van der Waals surface area contributed by atoms with Crippen LogP contribution in [0, 0.1) is 16.0 Å². The molecule has 0 bridgehead atoms. The Bertz CT molecular complexity index is 1010. The lowest BCUT2D eigenvalue weighted by Crippen LogP contribution is -2.10. The molecule has 9 heteroatoms. The van der Waals surface area contributed by atoms with Crippen molar-refractivity contribution in [3.63, 3.8) is 0 Å². The summed E-state index contributed by atoms with van der Waals surface area (Å²) >= 11 is 0. The van der Waals surface area contributed by atoms with E-state index in [2.05, 4.69) is 4.84 Å². The number of nitrogens with zero attached hydrogens (tertiary/aromatic N) is 1. The zero-order valence-electron chi connectivity index (χ0n) is 23.4. The van der Waals surface area contributed by atoms with E-state index < -0.39 is 11.3 Å². The van der Waals surface area contributed by atoms with Gasteiger partial charge >= 0.3 is 5.97 Å². The Kier molecular flexibility index (Phi) is 18.9.